The summed E-state index contributed by atoms with van der Waals surface area (Å²) in [5.74, 6) is 1.60. The third-order valence-corrected chi connectivity index (χ3v) is 5.41. The molecule has 0 aliphatic heterocycles. The number of aryl methyl sites for hydroxylation is 1. The van der Waals surface area contributed by atoms with Gasteiger partial charge in [0.2, 0.25) is 5.91 Å². The fourth-order valence-electron chi connectivity index (χ4n) is 3.65. The molecule has 1 amide bonds. The standard InChI is InChI=1S/C21H34N2O3.ClH/c1-16-5-9-18(10-6-16)23(14-13-22(2)3)21(25)12-8-17-7-11-19(24)20(15-17)26-4;/h7,11,15-16,18,24H,5-6,8-10,12-14H2,1-4H3;1H/t16-,18+;. The summed E-state index contributed by atoms with van der Waals surface area (Å²) in [6.07, 6.45) is 5.82. The number of phenolic OH excluding ortho intramolecular Hbond substituents is 1. The van der Waals surface area contributed by atoms with Crippen molar-refractivity contribution < 1.29 is 14.6 Å². The number of amides is 1. The van der Waals surface area contributed by atoms with Crippen LogP contribution in [0.1, 0.15) is 44.6 Å². The minimum absolute atomic E-state index is 0. The lowest BCUT2D eigenvalue weighted by atomic mass is 9.86. The Kier molecular flexibility index (Phi) is 9.95. The van der Waals surface area contributed by atoms with E-state index < -0.39 is 0 Å². The Morgan fingerprint density at radius 2 is 1.85 bits per heavy atom. The van der Waals surface area contributed by atoms with Gasteiger partial charge in [-0.3, -0.25) is 4.79 Å². The summed E-state index contributed by atoms with van der Waals surface area (Å²) in [5, 5.41) is 9.71. The molecule has 1 saturated carbocycles. The van der Waals surface area contributed by atoms with Crippen molar-refractivity contribution in [1.29, 1.82) is 0 Å². The molecule has 154 valence electrons. The van der Waals surface area contributed by atoms with E-state index in [1.54, 1.807) is 6.07 Å². The molecular weight excluding hydrogens is 364 g/mol. The van der Waals surface area contributed by atoms with Gasteiger partial charge in [0.05, 0.1) is 7.11 Å². The van der Waals surface area contributed by atoms with Crippen LogP contribution in [0.5, 0.6) is 11.5 Å². The molecule has 1 aromatic rings. The van der Waals surface area contributed by atoms with Crippen molar-refractivity contribution in [3.8, 4) is 11.5 Å². The lowest BCUT2D eigenvalue weighted by molar-refractivity contribution is -0.134. The van der Waals surface area contributed by atoms with E-state index in [4.69, 9.17) is 4.74 Å². The number of nitrogens with zero attached hydrogens (tertiary/aromatic N) is 2. The van der Waals surface area contributed by atoms with Crippen molar-refractivity contribution in [2.75, 3.05) is 34.3 Å². The van der Waals surface area contributed by atoms with Crippen LogP contribution in [0.15, 0.2) is 18.2 Å². The van der Waals surface area contributed by atoms with Crippen LogP contribution < -0.4 is 4.74 Å². The summed E-state index contributed by atoms with van der Waals surface area (Å²) in [6.45, 7) is 4.00. The molecule has 0 heterocycles. The number of aromatic hydroxyl groups is 1. The van der Waals surface area contributed by atoms with Gasteiger partial charge in [-0.05, 0) is 69.8 Å². The molecule has 0 spiro atoms. The van der Waals surface area contributed by atoms with Gasteiger partial charge >= 0.3 is 0 Å². The van der Waals surface area contributed by atoms with E-state index >= 15 is 0 Å². The Balaban J connectivity index is 0.00000364. The van der Waals surface area contributed by atoms with E-state index in [1.165, 1.54) is 20.0 Å². The Morgan fingerprint density at radius 1 is 1.19 bits per heavy atom. The van der Waals surface area contributed by atoms with Gasteiger partial charge in [0.25, 0.3) is 0 Å². The molecule has 5 nitrogen and oxygen atoms in total. The second-order valence-electron chi connectivity index (χ2n) is 7.81. The minimum atomic E-state index is 0. The molecule has 1 aliphatic carbocycles. The van der Waals surface area contributed by atoms with Crippen LogP contribution in [-0.2, 0) is 11.2 Å². The van der Waals surface area contributed by atoms with Crippen LogP contribution in [0.2, 0.25) is 0 Å². The molecule has 0 aromatic heterocycles. The molecule has 2 rings (SSSR count). The summed E-state index contributed by atoms with van der Waals surface area (Å²) in [5.41, 5.74) is 1.01. The fourth-order valence-corrected chi connectivity index (χ4v) is 3.65. The van der Waals surface area contributed by atoms with Gasteiger partial charge < -0.3 is 19.6 Å². The SMILES string of the molecule is COc1cc(CCC(=O)N(CCN(C)C)[C@H]2CC[C@@H](C)CC2)ccc1O.Cl. The molecule has 0 bridgehead atoms. The van der Waals surface area contributed by atoms with E-state index in [0.29, 0.717) is 24.6 Å². The molecule has 6 heteroatoms. The van der Waals surface area contributed by atoms with Crippen LogP contribution in [0.3, 0.4) is 0 Å². The van der Waals surface area contributed by atoms with Gasteiger partial charge in [-0.2, -0.15) is 0 Å². The number of benzene rings is 1. The van der Waals surface area contributed by atoms with Crippen LogP contribution in [0, 0.1) is 5.92 Å². The largest absolute Gasteiger partial charge is 0.504 e. The van der Waals surface area contributed by atoms with Gasteiger partial charge in [-0.25, -0.2) is 0 Å². The second kappa shape index (κ2) is 11.4. The predicted octanol–water partition coefficient (Wildman–Crippen LogP) is 3.72. The van der Waals surface area contributed by atoms with Gasteiger partial charge in [-0.1, -0.05) is 13.0 Å². The Bertz CT molecular complexity index is 587. The quantitative estimate of drug-likeness (QED) is 0.725. The topological polar surface area (TPSA) is 53.0 Å². The number of hydrogen-bond acceptors (Lipinski definition) is 4. The molecule has 0 radical (unpaired) electrons. The molecule has 0 unspecified atom stereocenters. The van der Waals surface area contributed by atoms with Gasteiger partial charge in [0.15, 0.2) is 11.5 Å². The molecule has 1 N–H and O–H groups in total. The van der Waals surface area contributed by atoms with Crippen LogP contribution in [0.4, 0.5) is 0 Å². The second-order valence-corrected chi connectivity index (χ2v) is 7.81. The number of methoxy groups -OCH3 is 1. The number of carbonyl (C=O) groups is 1. The number of rotatable bonds is 8. The molecule has 0 atom stereocenters. The fraction of sp³-hybridized carbons (Fsp3) is 0.667. The summed E-state index contributed by atoms with van der Waals surface area (Å²) >= 11 is 0. The van der Waals surface area contributed by atoms with Crippen molar-refractivity contribution in [3.05, 3.63) is 23.8 Å². The molecule has 1 aliphatic rings. The number of carbonyl (C=O) groups excluding carboxylic acids is 1. The van der Waals surface area contributed by atoms with Gasteiger partial charge in [0.1, 0.15) is 0 Å². The highest BCUT2D eigenvalue weighted by molar-refractivity contribution is 5.85. The van der Waals surface area contributed by atoms with E-state index in [0.717, 1.165) is 37.4 Å². The number of hydrogen-bond donors (Lipinski definition) is 1. The lowest BCUT2D eigenvalue weighted by Crippen LogP contribution is -2.45. The highest BCUT2D eigenvalue weighted by atomic mass is 35.5. The van der Waals surface area contributed by atoms with Crippen molar-refractivity contribution in [2.45, 2.75) is 51.5 Å². The summed E-state index contributed by atoms with van der Waals surface area (Å²) in [7, 11) is 5.64. The zero-order chi connectivity index (χ0) is 19.1. The number of likely N-dealkylation sites (N-methyl/N-ethyl adjacent to an activating group) is 1. The first kappa shape index (κ1) is 23.6. The number of ether oxygens (including phenoxy) is 1. The summed E-state index contributed by atoms with van der Waals surface area (Å²) in [6, 6.07) is 5.69. The van der Waals surface area contributed by atoms with Crippen LogP contribution >= 0.6 is 12.4 Å². The molecular formula is C21H35ClN2O3. The van der Waals surface area contributed by atoms with Crippen molar-refractivity contribution in [2.24, 2.45) is 5.92 Å². The molecule has 0 saturated heterocycles. The first-order chi connectivity index (χ1) is 12.4. The van der Waals surface area contributed by atoms with E-state index in [1.807, 2.05) is 26.2 Å². The van der Waals surface area contributed by atoms with Crippen molar-refractivity contribution >= 4 is 18.3 Å². The Hall–Kier alpha value is -1.46. The Labute approximate surface area is 170 Å². The van der Waals surface area contributed by atoms with E-state index in [-0.39, 0.29) is 24.1 Å². The zero-order valence-corrected chi connectivity index (χ0v) is 17.9. The summed E-state index contributed by atoms with van der Waals surface area (Å²) < 4.78 is 5.16. The number of phenols is 1. The summed E-state index contributed by atoms with van der Waals surface area (Å²) in [4.78, 5) is 17.2. The molecule has 1 aromatic carbocycles. The molecule has 1 fully saturated rings. The molecule has 27 heavy (non-hydrogen) atoms. The van der Waals surface area contributed by atoms with E-state index in [2.05, 4.69) is 16.7 Å². The predicted molar refractivity (Wildman–Crippen MR) is 112 cm³/mol. The highest BCUT2D eigenvalue weighted by Gasteiger charge is 2.27. The average molecular weight is 399 g/mol. The normalized spacial score (nSPS) is 19.4. The Morgan fingerprint density at radius 3 is 2.44 bits per heavy atom. The van der Waals surface area contributed by atoms with Crippen LogP contribution in [0.25, 0.3) is 0 Å². The first-order valence-electron chi connectivity index (χ1n) is 9.70. The monoisotopic (exact) mass is 398 g/mol. The highest BCUT2D eigenvalue weighted by Crippen LogP contribution is 2.29. The maximum absolute atomic E-state index is 13.0. The van der Waals surface area contributed by atoms with E-state index in [9.17, 15) is 9.90 Å². The maximum Gasteiger partial charge on any atom is 0.223 e. The van der Waals surface area contributed by atoms with Crippen molar-refractivity contribution in [1.82, 2.24) is 9.80 Å². The maximum atomic E-state index is 13.0. The third kappa shape index (κ3) is 7.23. The number of halogens is 1. The minimum Gasteiger partial charge on any atom is -0.504 e. The van der Waals surface area contributed by atoms with Gasteiger partial charge in [0, 0.05) is 25.6 Å². The van der Waals surface area contributed by atoms with Crippen LogP contribution in [-0.4, -0.2) is 61.2 Å². The lowest BCUT2D eigenvalue weighted by Gasteiger charge is -2.37. The van der Waals surface area contributed by atoms with Gasteiger partial charge in [-0.15, -0.1) is 12.4 Å². The van der Waals surface area contributed by atoms with Crippen molar-refractivity contribution in [3.63, 3.8) is 0 Å². The zero-order valence-electron chi connectivity index (χ0n) is 17.1. The average Bonchev–Trinajstić information content (AvgIpc) is 2.62. The first-order valence-corrected chi connectivity index (χ1v) is 9.70. The third-order valence-electron chi connectivity index (χ3n) is 5.41. The smallest absolute Gasteiger partial charge is 0.223 e.